The van der Waals surface area contributed by atoms with E-state index >= 15 is 0 Å². The summed E-state index contributed by atoms with van der Waals surface area (Å²) in [4.78, 5) is 9.01. The third kappa shape index (κ3) is 6.01. The van der Waals surface area contributed by atoms with Crippen LogP contribution in [0.2, 0.25) is 10.0 Å². The molecule has 1 saturated heterocycles. The molecule has 0 unspecified atom stereocenters. The summed E-state index contributed by atoms with van der Waals surface area (Å²) in [5.74, 6) is 0.381. The molecule has 0 radical (unpaired) electrons. The molecule has 0 amide bonds. The van der Waals surface area contributed by atoms with Crippen LogP contribution in [-0.4, -0.2) is 28.9 Å². The zero-order chi connectivity index (χ0) is 24.9. The molecule has 1 fully saturated rings. The highest BCUT2D eigenvalue weighted by Gasteiger charge is 2.23. The number of nitrogen functional groups attached to an aromatic ring is 1. The number of benzene rings is 2. The summed E-state index contributed by atoms with van der Waals surface area (Å²) >= 11 is 13.0. The molecule has 3 aromatic rings. The summed E-state index contributed by atoms with van der Waals surface area (Å²) in [5, 5.41) is 7.27. The highest BCUT2D eigenvalue weighted by atomic mass is 35.5. The smallest absolute Gasteiger partial charge is 0.145 e. The van der Waals surface area contributed by atoms with Gasteiger partial charge in [0.1, 0.15) is 34.8 Å². The molecule has 0 aliphatic carbocycles. The SMILES string of the molecule is C=C(/N=C\c1nc(-c2c(Cl)cccc2Cl)n(C[C@@H]2CCCNC2)c1N)NCc1ccc(F)cc1F. The fraction of sp³-hybridized carbons (Fsp3) is 0.280. The van der Waals surface area contributed by atoms with Gasteiger partial charge in [0.25, 0.3) is 0 Å². The number of nitrogens with two attached hydrogens (primary N) is 1. The van der Waals surface area contributed by atoms with Crippen LogP contribution in [-0.2, 0) is 13.1 Å². The number of aliphatic imine (C=N–C) groups is 1. The number of nitrogens with zero attached hydrogens (tertiary/aromatic N) is 3. The summed E-state index contributed by atoms with van der Waals surface area (Å²) in [6.45, 7) is 6.48. The van der Waals surface area contributed by atoms with Gasteiger partial charge in [-0.25, -0.2) is 18.8 Å². The van der Waals surface area contributed by atoms with E-state index in [0.29, 0.717) is 51.0 Å². The van der Waals surface area contributed by atoms with Crippen molar-refractivity contribution >= 4 is 35.2 Å². The predicted octanol–water partition coefficient (Wildman–Crippen LogP) is 5.40. The van der Waals surface area contributed by atoms with Gasteiger partial charge in [-0.3, -0.25) is 0 Å². The van der Waals surface area contributed by atoms with Crippen molar-refractivity contribution in [3.05, 3.63) is 81.7 Å². The van der Waals surface area contributed by atoms with Crippen molar-refractivity contribution in [1.82, 2.24) is 20.2 Å². The van der Waals surface area contributed by atoms with Crippen LogP contribution in [0, 0.1) is 17.6 Å². The fourth-order valence-electron chi connectivity index (χ4n) is 4.05. The molecule has 6 nitrogen and oxygen atoms in total. The monoisotopic (exact) mass is 518 g/mol. The second kappa shape index (κ2) is 11.2. The molecule has 35 heavy (non-hydrogen) atoms. The Hall–Kier alpha value is -2.94. The van der Waals surface area contributed by atoms with Gasteiger partial charge in [-0.1, -0.05) is 41.9 Å². The van der Waals surface area contributed by atoms with Gasteiger partial charge in [-0.05, 0) is 50.0 Å². The first-order chi connectivity index (χ1) is 16.8. The van der Waals surface area contributed by atoms with E-state index in [2.05, 4.69) is 22.2 Å². The highest BCUT2D eigenvalue weighted by molar-refractivity contribution is 6.39. The normalized spacial score (nSPS) is 16.1. The third-order valence-corrected chi connectivity index (χ3v) is 6.53. The first-order valence-electron chi connectivity index (χ1n) is 11.3. The van der Waals surface area contributed by atoms with Gasteiger partial charge in [-0.15, -0.1) is 0 Å². The Balaban J connectivity index is 1.58. The quantitative estimate of drug-likeness (QED) is 0.349. The Bertz CT molecular complexity index is 1230. The van der Waals surface area contributed by atoms with Crippen LogP contribution in [0.3, 0.4) is 0 Å². The molecule has 10 heteroatoms. The molecule has 0 bridgehead atoms. The lowest BCUT2D eigenvalue weighted by atomic mass is 9.99. The van der Waals surface area contributed by atoms with Gasteiger partial charge in [0.2, 0.25) is 0 Å². The van der Waals surface area contributed by atoms with E-state index in [1.54, 1.807) is 18.2 Å². The van der Waals surface area contributed by atoms with E-state index in [1.807, 2.05) is 4.57 Å². The predicted molar refractivity (Wildman–Crippen MR) is 138 cm³/mol. The molecule has 1 aliphatic heterocycles. The van der Waals surface area contributed by atoms with Crippen molar-refractivity contribution in [3.63, 3.8) is 0 Å². The third-order valence-electron chi connectivity index (χ3n) is 5.90. The first kappa shape index (κ1) is 25.2. The molecule has 0 spiro atoms. The van der Waals surface area contributed by atoms with Gasteiger partial charge in [0.05, 0.1) is 21.8 Å². The largest absolute Gasteiger partial charge is 0.383 e. The number of hydrogen-bond acceptors (Lipinski definition) is 5. The second-order valence-electron chi connectivity index (χ2n) is 8.42. The maximum atomic E-state index is 13.9. The number of hydrogen-bond donors (Lipinski definition) is 3. The molecule has 184 valence electrons. The average Bonchev–Trinajstić information content (AvgIpc) is 3.12. The minimum absolute atomic E-state index is 0.0986. The number of nitrogens with one attached hydrogen (secondary N) is 2. The molecule has 2 heterocycles. The van der Waals surface area contributed by atoms with E-state index in [-0.39, 0.29) is 12.4 Å². The zero-order valence-corrected chi connectivity index (χ0v) is 20.5. The summed E-state index contributed by atoms with van der Waals surface area (Å²) in [6, 6.07) is 8.69. The van der Waals surface area contributed by atoms with E-state index in [0.717, 1.165) is 32.0 Å². The Kier molecular flexibility index (Phi) is 8.05. The number of aromatic nitrogens is 2. The highest BCUT2D eigenvalue weighted by Crippen LogP contribution is 2.36. The van der Waals surface area contributed by atoms with Crippen molar-refractivity contribution in [2.75, 3.05) is 18.8 Å². The van der Waals surface area contributed by atoms with Crippen LogP contribution >= 0.6 is 23.2 Å². The van der Waals surface area contributed by atoms with Crippen molar-refractivity contribution < 1.29 is 8.78 Å². The summed E-state index contributed by atoms with van der Waals surface area (Å²) in [7, 11) is 0. The van der Waals surface area contributed by atoms with Crippen LogP contribution in [0.4, 0.5) is 14.6 Å². The molecular weight excluding hydrogens is 493 g/mol. The maximum absolute atomic E-state index is 13.9. The Labute approximate surface area is 212 Å². The van der Waals surface area contributed by atoms with E-state index in [1.165, 1.54) is 18.3 Å². The molecule has 1 aliphatic rings. The van der Waals surface area contributed by atoms with Gasteiger partial charge < -0.3 is 20.9 Å². The van der Waals surface area contributed by atoms with Crippen LogP contribution in [0.25, 0.3) is 11.4 Å². The van der Waals surface area contributed by atoms with Crippen molar-refractivity contribution in [2.24, 2.45) is 10.9 Å². The lowest BCUT2D eigenvalue weighted by molar-refractivity contribution is 0.340. The number of imidazole rings is 1. The lowest BCUT2D eigenvalue weighted by Crippen LogP contribution is -2.32. The van der Waals surface area contributed by atoms with E-state index in [4.69, 9.17) is 33.9 Å². The number of piperidine rings is 1. The first-order valence-corrected chi connectivity index (χ1v) is 12.0. The van der Waals surface area contributed by atoms with Crippen molar-refractivity contribution in [3.8, 4) is 11.4 Å². The van der Waals surface area contributed by atoms with Gasteiger partial charge >= 0.3 is 0 Å². The summed E-state index contributed by atoms with van der Waals surface area (Å²) < 4.78 is 28.9. The van der Waals surface area contributed by atoms with E-state index in [9.17, 15) is 8.78 Å². The zero-order valence-electron chi connectivity index (χ0n) is 19.0. The fourth-order valence-corrected chi connectivity index (χ4v) is 4.62. The van der Waals surface area contributed by atoms with Crippen molar-refractivity contribution in [1.29, 1.82) is 0 Å². The summed E-state index contributed by atoms with van der Waals surface area (Å²) in [6.07, 6.45) is 3.66. The Morgan fingerprint density at radius 2 is 2.06 bits per heavy atom. The Morgan fingerprint density at radius 3 is 2.74 bits per heavy atom. The van der Waals surface area contributed by atoms with Gasteiger partial charge in [0.15, 0.2) is 0 Å². The molecule has 4 N–H and O–H groups in total. The molecule has 1 aromatic heterocycles. The number of halogens is 4. The second-order valence-corrected chi connectivity index (χ2v) is 9.23. The van der Waals surface area contributed by atoms with E-state index < -0.39 is 11.6 Å². The van der Waals surface area contributed by atoms with Crippen LogP contribution in [0.1, 0.15) is 24.1 Å². The molecule has 2 aromatic carbocycles. The minimum Gasteiger partial charge on any atom is -0.383 e. The van der Waals surface area contributed by atoms with Crippen LogP contribution in [0.5, 0.6) is 0 Å². The lowest BCUT2D eigenvalue weighted by Gasteiger charge is -2.24. The molecular formula is C25H26Cl2F2N6. The number of anilines is 1. The van der Waals surface area contributed by atoms with Crippen molar-refractivity contribution in [2.45, 2.75) is 25.9 Å². The maximum Gasteiger partial charge on any atom is 0.145 e. The van der Waals surface area contributed by atoms with Crippen LogP contribution in [0.15, 0.2) is 53.8 Å². The molecule has 4 rings (SSSR count). The topological polar surface area (TPSA) is 80.3 Å². The summed E-state index contributed by atoms with van der Waals surface area (Å²) in [5.41, 5.74) is 7.85. The molecule has 0 saturated carbocycles. The average molecular weight is 519 g/mol. The minimum atomic E-state index is -0.643. The number of rotatable bonds is 8. The van der Waals surface area contributed by atoms with Crippen LogP contribution < -0.4 is 16.4 Å². The molecule has 1 atom stereocenters. The van der Waals surface area contributed by atoms with Gasteiger partial charge in [-0.2, -0.15) is 0 Å². The Morgan fingerprint density at radius 1 is 1.29 bits per heavy atom. The standard InChI is InChI=1S/C25H26Cl2F2N6/c1-15(32-12-17-7-8-18(28)10-21(17)29)33-13-22-24(30)35(14-16-4-3-9-31-11-16)25(34-22)23-19(26)5-2-6-20(23)27/h2,5-8,10,13,16,31-32H,1,3-4,9,11-12,14,30H2/b33-13-/t16-/m1/s1. The van der Waals surface area contributed by atoms with Gasteiger partial charge in [0, 0.05) is 24.7 Å².